The highest BCUT2D eigenvalue weighted by Crippen LogP contribution is 2.25. The van der Waals surface area contributed by atoms with Crippen molar-refractivity contribution in [1.82, 2.24) is 0 Å². The zero-order chi connectivity index (χ0) is 15.6. The van der Waals surface area contributed by atoms with Crippen LogP contribution < -0.4 is 16.6 Å². The van der Waals surface area contributed by atoms with Crippen LogP contribution >= 0.6 is 15.9 Å². The maximum absolute atomic E-state index is 13.6. The first-order valence-corrected chi connectivity index (χ1v) is 6.75. The maximum Gasteiger partial charge on any atom is 0.255 e. The third-order valence-corrected chi connectivity index (χ3v) is 3.48. The van der Waals surface area contributed by atoms with Gasteiger partial charge in [-0.05, 0) is 52.7 Å². The second-order valence-electron chi connectivity index (χ2n) is 4.40. The molecule has 7 heteroatoms. The fourth-order valence-corrected chi connectivity index (χ4v) is 2.35. The number of hydrogen-bond acceptors (Lipinski definition) is 3. The highest BCUT2D eigenvalue weighted by molar-refractivity contribution is 9.10. The summed E-state index contributed by atoms with van der Waals surface area (Å²) in [7, 11) is 0. The minimum Gasteiger partial charge on any atom is -0.321 e. The average molecular weight is 356 g/mol. The average Bonchev–Trinajstić information content (AvgIpc) is 2.41. The Morgan fingerprint density at radius 1 is 1.19 bits per heavy atom. The highest BCUT2D eigenvalue weighted by atomic mass is 79.9. The van der Waals surface area contributed by atoms with Crippen LogP contribution in [0.1, 0.15) is 15.9 Å². The summed E-state index contributed by atoms with van der Waals surface area (Å²) < 4.78 is 27.8. The lowest BCUT2D eigenvalue weighted by Crippen LogP contribution is -2.15. The van der Waals surface area contributed by atoms with Gasteiger partial charge in [-0.2, -0.15) is 0 Å². The molecule has 2 aromatic rings. The molecule has 0 atom stereocenters. The number of aryl methyl sites for hydroxylation is 1. The second kappa shape index (κ2) is 6.19. The molecular formula is C14H12BrF2N3O. The third kappa shape index (κ3) is 3.37. The van der Waals surface area contributed by atoms with Crippen molar-refractivity contribution in [1.29, 1.82) is 0 Å². The van der Waals surface area contributed by atoms with Crippen molar-refractivity contribution in [3.05, 3.63) is 57.6 Å². The SMILES string of the molecule is Cc1ccc(NC(=O)c2cc(F)c(NN)c(F)c2)c(Br)c1. The van der Waals surface area contributed by atoms with Gasteiger partial charge in [-0.25, -0.2) is 8.78 Å². The first kappa shape index (κ1) is 15.4. The zero-order valence-electron chi connectivity index (χ0n) is 11.0. The fraction of sp³-hybridized carbons (Fsp3) is 0.0714. The van der Waals surface area contributed by atoms with Crippen molar-refractivity contribution in [2.75, 3.05) is 10.7 Å². The Kier molecular flexibility index (Phi) is 4.54. The Hall–Kier alpha value is -1.99. The summed E-state index contributed by atoms with van der Waals surface area (Å²) >= 11 is 3.31. The van der Waals surface area contributed by atoms with E-state index in [9.17, 15) is 13.6 Å². The zero-order valence-corrected chi connectivity index (χ0v) is 12.6. The fourth-order valence-electron chi connectivity index (χ4n) is 1.76. The van der Waals surface area contributed by atoms with E-state index in [-0.39, 0.29) is 5.56 Å². The number of anilines is 2. The van der Waals surface area contributed by atoms with Crippen molar-refractivity contribution in [2.45, 2.75) is 6.92 Å². The van der Waals surface area contributed by atoms with Crippen molar-refractivity contribution in [2.24, 2.45) is 5.84 Å². The number of rotatable bonds is 3. The summed E-state index contributed by atoms with van der Waals surface area (Å²) in [6, 6.07) is 7.15. The van der Waals surface area contributed by atoms with Gasteiger partial charge in [0.05, 0.1) is 5.69 Å². The van der Waals surface area contributed by atoms with Gasteiger partial charge in [0.1, 0.15) is 5.69 Å². The Bertz CT molecular complexity index is 684. The standard InChI is InChI=1S/C14H12BrF2N3O/c1-7-2-3-12(9(15)4-7)19-14(21)8-5-10(16)13(20-18)11(17)6-8/h2-6,20H,18H2,1H3,(H,19,21). The lowest BCUT2D eigenvalue weighted by atomic mass is 10.1. The summed E-state index contributed by atoms with van der Waals surface area (Å²) in [6.45, 7) is 1.90. The van der Waals surface area contributed by atoms with Gasteiger partial charge < -0.3 is 10.7 Å². The number of nitrogens with two attached hydrogens (primary N) is 1. The molecule has 1 amide bonds. The molecule has 0 saturated carbocycles. The number of hydrazine groups is 1. The first-order chi connectivity index (χ1) is 9.92. The predicted octanol–water partition coefficient (Wildman–Crippen LogP) is 3.57. The van der Waals surface area contributed by atoms with Gasteiger partial charge in [-0.15, -0.1) is 0 Å². The van der Waals surface area contributed by atoms with E-state index >= 15 is 0 Å². The van der Waals surface area contributed by atoms with Crippen molar-refractivity contribution >= 4 is 33.2 Å². The van der Waals surface area contributed by atoms with Gasteiger partial charge in [0.25, 0.3) is 5.91 Å². The monoisotopic (exact) mass is 355 g/mol. The molecule has 110 valence electrons. The molecule has 0 bridgehead atoms. The summed E-state index contributed by atoms with van der Waals surface area (Å²) in [5.74, 6) is 2.50. The molecule has 0 aliphatic rings. The first-order valence-electron chi connectivity index (χ1n) is 5.95. The Morgan fingerprint density at radius 2 is 1.81 bits per heavy atom. The van der Waals surface area contributed by atoms with Crippen LogP contribution in [-0.2, 0) is 0 Å². The van der Waals surface area contributed by atoms with Crippen molar-refractivity contribution < 1.29 is 13.6 Å². The van der Waals surface area contributed by atoms with Crippen LogP contribution in [0.15, 0.2) is 34.8 Å². The normalized spacial score (nSPS) is 10.3. The Labute approximate surface area is 128 Å². The van der Waals surface area contributed by atoms with Crippen LogP contribution in [0.25, 0.3) is 0 Å². The summed E-state index contributed by atoms with van der Waals surface area (Å²) in [4.78, 5) is 12.0. The topological polar surface area (TPSA) is 67.2 Å². The minimum atomic E-state index is -0.939. The van der Waals surface area contributed by atoms with E-state index < -0.39 is 23.2 Å². The number of nitrogens with one attached hydrogen (secondary N) is 2. The number of carbonyl (C=O) groups is 1. The molecule has 0 aliphatic heterocycles. The lowest BCUT2D eigenvalue weighted by Gasteiger charge is -2.10. The number of amides is 1. The van der Waals surface area contributed by atoms with Crippen LogP contribution in [0.2, 0.25) is 0 Å². The van der Waals surface area contributed by atoms with Crippen LogP contribution in [0, 0.1) is 18.6 Å². The largest absolute Gasteiger partial charge is 0.321 e. The summed E-state index contributed by atoms with van der Waals surface area (Å²) in [5.41, 5.74) is 2.80. The van der Waals surface area contributed by atoms with Gasteiger partial charge in [-0.1, -0.05) is 6.07 Å². The Balaban J connectivity index is 2.28. The van der Waals surface area contributed by atoms with E-state index in [1.807, 2.05) is 24.5 Å². The van der Waals surface area contributed by atoms with Crippen LogP contribution in [0.4, 0.5) is 20.2 Å². The number of nitrogen functional groups attached to an aromatic ring is 1. The minimum absolute atomic E-state index is 0.142. The van der Waals surface area contributed by atoms with Crippen molar-refractivity contribution in [3.63, 3.8) is 0 Å². The van der Waals surface area contributed by atoms with Crippen LogP contribution in [-0.4, -0.2) is 5.91 Å². The van der Waals surface area contributed by atoms with Gasteiger partial charge in [0, 0.05) is 10.0 Å². The van der Waals surface area contributed by atoms with Gasteiger partial charge in [-0.3, -0.25) is 10.6 Å². The van der Waals surface area contributed by atoms with E-state index in [1.54, 1.807) is 6.07 Å². The predicted molar refractivity (Wildman–Crippen MR) is 81.0 cm³/mol. The van der Waals surface area contributed by atoms with E-state index in [1.165, 1.54) is 0 Å². The highest BCUT2D eigenvalue weighted by Gasteiger charge is 2.15. The molecule has 0 fully saturated rings. The molecule has 0 spiro atoms. The molecule has 0 unspecified atom stereocenters. The number of halogens is 3. The molecule has 4 nitrogen and oxygen atoms in total. The molecule has 21 heavy (non-hydrogen) atoms. The van der Waals surface area contributed by atoms with Crippen LogP contribution in [0.5, 0.6) is 0 Å². The molecule has 0 heterocycles. The van der Waals surface area contributed by atoms with E-state index in [0.29, 0.717) is 10.2 Å². The second-order valence-corrected chi connectivity index (χ2v) is 5.25. The van der Waals surface area contributed by atoms with Crippen LogP contribution in [0.3, 0.4) is 0 Å². The van der Waals surface area contributed by atoms with E-state index in [2.05, 4.69) is 21.2 Å². The molecule has 2 aromatic carbocycles. The maximum atomic E-state index is 13.6. The quantitative estimate of drug-likeness (QED) is 0.582. The molecule has 0 radical (unpaired) electrons. The van der Waals surface area contributed by atoms with Gasteiger partial charge in [0.15, 0.2) is 11.6 Å². The molecule has 4 N–H and O–H groups in total. The Morgan fingerprint density at radius 3 is 2.33 bits per heavy atom. The smallest absolute Gasteiger partial charge is 0.255 e. The van der Waals surface area contributed by atoms with E-state index in [0.717, 1.165) is 17.7 Å². The number of hydrogen-bond donors (Lipinski definition) is 3. The molecule has 0 aromatic heterocycles. The van der Waals surface area contributed by atoms with E-state index in [4.69, 9.17) is 5.84 Å². The number of benzene rings is 2. The molecule has 0 aliphatic carbocycles. The lowest BCUT2D eigenvalue weighted by molar-refractivity contribution is 0.102. The molecule has 0 saturated heterocycles. The summed E-state index contributed by atoms with van der Waals surface area (Å²) in [6.07, 6.45) is 0. The summed E-state index contributed by atoms with van der Waals surface area (Å²) in [5, 5.41) is 2.57. The molecule has 2 rings (SSSR count). The van der Waals surface area contributed by atoms with Gasteiger partial charge in [0.2, 0.25) is 0 Å². The van der Waals surface area contributed by atoms with Gasteiger partial charge >= 0.3 is 0 Å². The molecular weight excluding hydrogens is 344 g/mol. The van der Waals surface area contributed by atoms with Crippen molar-refractivity contribution in [3.8, 4) is 0 Å². The number of carbonyl (C=O) groups excluding carboxylic acids is 1. The third-order valence-electron chi connectivity index (χ3n) is 2.82.